The van der Waals surface area contributed by atoms with Crippen molar-refractivity contribution in [2.75, 3.05) is 13.1 Å². The van der Waals surface area contributed by atoms with E-state index in [0.29, 0.717) is 5.41 Å². The predicted octanol–water partition coefficient (Wildman–Crippen LogP) is 4.64. The molecule has 1 heterocycles. The van der Waals surface area contributed by atoms with Gasteiger partial charge in [-0.25, -0.2) is 0 Å². The SMILES string of the molecule is CC(CC1(c2ccc(Cl)cc2)CCC1)N1CCCC1. The molecular formula is C17H24ClN. The lowest BCUT2D eigenvalue weighted by Crippen LogP contribution is -2.42. The van der Waals surface area contributed by atoms with Crippen LogP contribution in [0.1, 0.15) is 51.0 Å². The largest absolute Gasteiger partial charge is 0.301 e. The zero-order chi connectivity index (χ0) is 13.3. The molecule has 1 unspecified atom stereocenters. The Labute approximate surface area is 121 Å². The Hall–Kier alpha value is -0.530. The summed E-state index contributed by atoms with van der Waals surface area (Å²) in [5, 5.41) is 0.853. The summed E-state index contributed by atoms with van der Waals surface area (Å²) in [5.41, 5.74) is 1.95. The number of halogens is 1. The second-order valence-electron chi connectivity index (χ2n) is 6.44. The number of hydrogen-bond donors (Lipinski definition) is 0. The highest BCUT2D eigenvalue weighted by molar-refractivity contribution is 6.30. The Balaban J connectivity index is 1.73. The fourth-order valence-corrected chi connectivity index (χ4v) is 4.02. The fourth-order valence-electron chi connectivity index (χ4n) is 3.89. The lowest BCUT2D eigenvalue weighted by molar-refractivity contribution is 0.146. The maximum atomic E-state index is 6.02. The minimum atomic E-state index is 0.437. The van der Waals surface area contributed by atoms with Crippen LogP contribution in [-0.4, -0.2) is 24.0 Å². The minimum Gasteiger partial charge on any atom is -0.301 e. The van der Waals surface area contributed by atoms with Crippen molar-refractivity contribution in [2.24, 2.45) is 0 Å². The van der Waals surface area contributed by atoms with E-state index in [1.165, 1.54) is 57.2 Å². The van der Waals surface area contributed by atoms with Gasteiger partial charge in [0.25, 0.3) is 0 Å². The van der Waals surface area contributed by atoms with Gasteiger partial charge in [-0.1, -0.05) is 30.2 Å². The molecule has 0 spiro atoms. The second kappa shape index (κ2) is 5.46. The van der Waals surface area contributed by atoms with E-state index in [4.69, 9.17) is 11.6 Å². The second-order valence-corrected chi connectivity index (χ2v) is 6.87. The summed E-state index contributed by atoms with van der Waals surface area (Å²) < 4.78 is 0. The molecule has 1 aromatic carbocycles. The Kier molecular flexibility index (Phi) is 3.86. The third-order valence-corrected chi connectivity index (χ3v) is 5.47. The van der Waals surface area contributed by atoms with Crippen LogP contribution >= 0.6 is 11.6 Å². The molecule has 2 heteroatoms. The molecule has 2 aliphatic rings. The highest BCUT2D eigenvalue weighted by Crippen LogP contribution is 2.48. The van der Waals surface area contributed by atoms with Crippen LogP contribution in [0.5, 0.6) is 0 Å². The topological polar surface area (TPSA) is 3.24 Å². The first-order valence-corrected chi connectivity index (χ1v) is 8.08. The van der Waals surface area contributed by atoms with Gasteiger partial charge in [-0.3, -0.25) is 0 Å². The van der Waals surface area contributed by atoms with Crippen LogP contribution < -0.4 is 0 Å². The quantitative estimate of drug-likeness (QED) is 0.775. The summed E-state index contributed by atoms with van der Waals surface area (Å²) in [6, 6.07) is 9.32. The number of nitrogens with zero attached hydrogens (tertiary/aromatic N) is 1. The van der Waals surface area contributed by atoms with E-state index in [0.717, 1.165) is 11.1 Å². The fraction of sp³-hybridized carbons (Fsp3) is 0.647. The molecule has 0 bridgehead atoms. The lowest BCUT2D eigenvalue weighted by atomic mass is 9.61. The van der Waals surface area contributed by atoms with Crippen LogP contribution in [0.25, 0.3) is 0 Å². The first kappa shape index (κ1) is 13.5. The summed E-state index contributed by atoms with van der Waals surface area (Å²) >= 11 is 6.02. The summed E-state index contributed by atoms with van der Waals surface area (Å²) in [7, 11) is 0. The Bertz CT molecular complexity index is 415. The van der Waals surface area contributed by atoms with Gasteiger partial charge in [0.05, 0.1) is 0 Å². The molecule has 1 aliphatic heterocycles. The molecule has 1 nitrogen and oxygen atoms in total. The van der Waals surface area contributed by atoms with Crippen molar-refractivity contribution in [3.8, 4) is 0 Å². The van der Waals surface area contributed by atoms with Crippen LogP contribution in [0, 0.1) is 0 Å². The lowest BCUT2D eigenvalue weighted by Gasteiger charge is -2.45. The van der Waals surface area contributed by atoms with Gasteiger partial charge in [0.2, 0.25) is 0 Å². The first-order valence-electron chi connectivity index (χ1n) is 7.70. The van der Waals surface area contributed by atoms with Gasteiger partial charge in [0.1, 0.15) is 0 Å². The molecule has 1 aromatic rings. The highest BCUT2D eigenvalue weighted by Gasteiger charge is 2.40. The van der Waals surface area contributed by atoms with E-state index in [1.807, 2.05) is 0 Å². The van der Waals surface area contributed by atoms with E-state index >= 15 is 0 Å². The number of hydrogen-bond acceptors (Lipinski definition) is 1. The van der Waals surface area contributed by atoms with Crippen molar-refractivity contribution in [3.63, 3.8) is 0 Å². The molecule has 1 saturated carbocycles. The molecule has 2 fully saturated rings. The molecule has 1 saturated heterocycles. The molecule has 1 atom stereocenters. The van der Waals surface area contributed by atoms with Gasteiger partial charge < -0.3 is 4.90 Å². The molecule has 1 aliphatic carbocycles. The van der Waals surface area contributed by atoms with Crippen LogP contribution in [0.3, 0.4) is 0 Å². The molecule has 0 radical (unpaired) electrons. The molecule has 19 heavy (non-hydrogen) atoms. The molecule has 0 amide bonds. The zero-order valence-electron chi connectivity index (χ0n) is 11.9. The van der Waals surface area contributed by atoms with Gasteiger partial charge in [-0.05, 0) is 75.2 Å². The predicted molar refractivity (Wildman–Crippen MR) is 81.9 cm³/mol. The average Bonchev–Trinajstić information content (AvgIpc) is 2.89. The molecule has 3 rings (SSSR count). The normalized spacial score (nSPS) is 24.1. The number of likely N-dealkylation sites (tertiary alicyclic amines) is 1. The van der Waals surface area contributed by atoms with Crippen molar-refractivity contribution in [2.45, 2.75) is 56.9 Å². The summed E-state index contributed by atoms with van der Waals surface area (Å²) in [4.78, 5) is 2.68. The van der Waals surface area contributed by atoms with Crippen LogP contribution in [0.2, 0.25) is 5.02 Å². The molecule has 104 valence electrons. The molecule has 0 aromatic heterocycles. The van der Waals surface area contributed by atoms with Crippen LogP contribution in [0.4, 0.5) is 0 Å². The Morgan fingerprint density at radius 2 is 1.74 bits per heavy atom. The maximum Gasteiger partial charge on any atom is 0.0406 e. The number of rotatable bonds is 4. The van der Waals surface area contributed by atoms with E-state index in [1.54, 1.807) is 0 Å². The first-order chi connectivity index (χ1) is 9.20. The third-order valence-electron chi connectivity index (χ3n) is 5.22. The summed E-state index contributed by atoms with van der Waals surface area (Å²) in [6.07, 6.45) is 8.18. The van der Waals surface area contributed by atoms with Gasteiger partial charge in [-0.15, -0.1) is 0 Å². The monoisotopic (exact) mass is 277 g/mol. The van der Waals surface area contributed by atoms with Crippen molar-refractivity contribution in [1.82, 2.24) is 4.90 Å². The Morgan fingerprint density at radius 1 is 1.11 bits per heavy atom. The standard InChI is InChI=1S/C17H24ClN/c1-14(19-11-2-3-12-19)13-17(9-4-10-17)15-5-7-16(18)8-6-15/h5-8,14H,2-4,9-13H2,1H3. The van der Waals surface area contributed by atoms with Crippen molar-refractivity contribution >= 4 is 11.6 Å². The van der Waals surface area contributed by atoms with Gasteiger partial charge in [-0.2, -0.15) is 0 Å². The third kappa shape index (κ3) is 2.68. The highest BCUT2D eigenvalue weighted by atomic mass is 35.5. The van der Waals surface area contributed by atoms with Crippen molar-refractivity contribution in [1.29, 1.82) is 0 Å². The smallest absolute Gasteiger partial charge is 0.0406 e. The van der Waals surface area contributed by atoms with E-state index in [9.17, 15) is 0 Å². The Morgan fingerprint density at radius 3 is 2.26 bits per heavy atom. The zero-order valence-corrected chi connectivity index (χ0v) is 12.6. The van der Waals surface area contributed by atoms with Crippen molar-refractivity contribution < 1.29 is 0 Å². The summed E-state index contributed by atoms with van der Waals surface area (Å²) in [6.45, 7) is 5.02. The molecule has 0 N–H and O–H groups in total. The molecular weight excluding hydrogens is 254 g/mol. The van der Waals surface area contributed by atoms with Gasteiger partial charge in [0, 0.05) is 11.1 Å². The van der Waals surface area contributed by atoms with E-state index < -0.39 is 0 Å². The van der Waals surface area contributed by atoms with E-state index in [2.05, 4.69) is 36.1 Å². The van der Waals surface area contributed by atoms with E-state index in [-0.39, 0.29) is 0 Å². The van der Waals surface area contributed by atoms with Gasteiger partial charge in [0.15, 0.2) is 0 Å². The van der Waals surface area contributed by atoms with Crippen LogP contribution in [0.15, 0.2) is 24.3 Å². The van der Waals surface area contributed by atoms with Crippen LogP contribution in [-0.2, 0) is 5.41 Å². The minimum absolute atomic E-state index is 0.437. The van der Waals surface area contributed by atoms with Gasteiger partial charge >= 0.3 is 0 Å². The maximum absolute atomic E-state index is 6.02. The number of benzene rings is 1. The average molecular weight is 278 g/mol. The van der Waals surface area contributed by atoms with Crippen molar-refractivity contribution in [3.05, 3.63) is 34.9 Å². The summed E-state index contributed by atoms with van der Waals surface area (Å²) in [5.74, 6) is 0.